The number of benzene rings is 1. The van der Waals surface area contributed by atoms with Crippen LogP contribution in [0.3, 0.4) is 0 Å². The fourth-order valence-corrected chi connectivity index (χ4v) is 2.17. The van der Waals surface area contributed by atoms with Gasteiger partial charge >= 0.3 is 0 Å². The molecule has 2 rings (SSSR count). The maximum absolute atomic E-state index is 5.89. The van der Waals surface area contributed by atoms with E-state index in [2.05, 4.69) is 18.0 Å². The Bertz CT molecular complexity index is 454. The summed E-state index contributed by atoms with van der Waals surface area (Å²) in [6, 6.07) is 11.9. The number of aryl methyl sites for hydroxylation is 1. The highest BCUT2D eigenvalue weighted by molar-refractivity contribution is 7.99. The fourth-order valence-electron chi connectivity index (χ4n) is 1.25. The molecule has 0 atom stereocenters. The Kier molecular flexibility index (Phi) is 2.92. The van der Waals surface area contributed by atoms with Crippen LogP contribution in [0.4, 0.5) is 5.69 Å². The lowest BCUT2D eigenvalue weighted by Crippen LogP contribution is -1.89. The molecule has 0 aliphatic heterocycles. The first kappa shape index (κ1) is 10.1. The Morgan fingerprint density at radius 1 is 1.20 bits per heavy atom. The van der Waals surface area contributed by atoms with Crippen molar-refractivity contribution >= 4 is 17.4 Å². The molecule has 76 valence electrons. The van der Waals surface area contributed by atoms with Gasteiger partial charge in [0.25, 0.3) is 0 Å². The molecule has 2 nitrogen and oxygen atoms in total. The summed E-state index contributed by atoms with van der Waals surface area (Å²) >= 11 is 1.59. The number of aromatic nitrogens is 1. The fraction of sp³-hybridized carbons (Fsp3) is 0.0833. The Balaban J connectivity index is 2.28. The number of anilines is 1. The van der Waals surface area contributed by atoms with Crippen LogP contribution in [-0.4, -0.2) is 4.98 Å². The van der Waals surface area contributed by atoms with E-state index in [0.717, 1.165) is 15.6 Å². The molecular formula is C12H12N2S. The van der Waals surface area contributed by atoms with E-state index in [1.807, 2.05) is 30.3 Å². The summed E-state index contributed by atoms with van der Waals surface area (Å²) in [5.74, 6) is 0. The number of nitrogen functional groups attached to an aromatic ring is 1. The first-order valence-electron chi connectivity index (χ1n) is 4.71. The number of nitrogens with two attached hydrogens (primary N) is 1. The van der Waals surface area contributed by atoms with Crippen molar-refractivity contribution in [2.24, 2.45) is 0 Å². The molecule has 0 radical (unpaired) electrons. The molecule has 0 fully saturated rings. The van der Waals surface area contributed by atoms with Gasteiger partial charge in [-0.15, -0.1) is 0 Å². The number of pyridine rings is 1. The van der Waals surface area contributed by atoms with Gasteiger partial charge in [-0.3, -0.25) is 0 Å². The molecule has 1 aromatic carbocycles. The van der Waals surface area contributed by atoms with Crippen LogP contribution in [-0.2, 0) is 0 Å². The first-order chi connectivity index (χ1) is 7.25. The van der Waals surface area contributed by atoms with Crippen molar-refractivity contribution in [2.45, 2.75) is 16.8 Å². The van der Waals surface area contributed by atoms with Crippen molar-refractivity contribution in [1.29, 1.82) is 0 Å². The lowest BCUT2D eigenvalue weighted by atomic mass is 10.2. The molecule has 3 heteroatoms. The molecule has 1 aromatic heterocycles. The lowest BCUT2D eigenvalue weighted by molar-refractivity contribution is 1.13. The van der Waals surface area contributed by atoms with Crippen molar-refractivity contribution in [1.82, 2.24) is 4.98 Å². The first-order valence-corrected chi connectivity index (χ1v) is 5.52. The zero-order valence-corrected chi connectivity index (χ0v) is 9.29. The van der Waals surface area contributed by atoms with Crippen LogP contribution in [0.15, 0.2) is 52.5 Å². The quantitative estimate of drug-likeness (QED) is 0.784. The van der Waals surface area contributed by atoms with Crippen LogP contribution in [0.5, 0.6) is 0 Å². The minimum absolute atomic E-state index is 0.802. The van der Waals surface area contributed by atoms with Gasteiger partial charge in [-0.05, 0) is 36.8 Å². The third-order valence-electron chi connectivity index (χ3n) is 2.02. The molecule has 15 heavy (non-hydrogen) atoms. The molecule has 0 bridgehead atoms. The van der Waals surface area contributed by atoms with E-state index in [4.69, 9.17) is 5.73 Å². The van der Waals surface area contributed by atoms with E-state index in [0.29, 0.717) is 0 Å². The van der Waals surface area contributed by atoms with Gasteiger partial charge in [-0.25, -0.2) is 4.98 Å². The van der Waals surface area contributed by atoms with Crippen LogP contribution >= 0.6 is 11.8 Å². The number of nitrogens with zero attached hydrogens (tertiary/aromatic N) is 1. The number of hydrogen-bond donors (Lipinski definition) is 1. The zero-order chi connectivity index (χ0) is 10.7. The summed E-state index contributed by atoms with van der Waals surface area (Å²) in [7, 11) is 0. The maximum Gasteiger partial charge on any atom is 0.101 e. The topological polar surface area (TPSA) is 38.9 Å². The average molecular weight is 216 g/mol. The molecule has 1 heterocycles. The van der Waals surface area contributed by atoms with E-state index < -0.39 is 0 Å². The van der Waals surface area contributed by atoms with E-state index in [-0.39, 0.29) is 0 Å². The standard InChI is InChI=1S/C12H12N2S/c1-9-5-6-10(13)11(8-9)15-12-4-2-3-7-14-12/h2-8H,13H2,1H3. The normalized spacial score (nSPS) is 10.2. The monoisotopic (exact) mass is 216 g/mol. The summed E-state index contributed by atoms with van der Waals surface area (Å²) in [5.41, 5.74) is 7.90. The molecule has 0 aliphatic carbocycles. The smallest absolute Gasteiger partial charge is 0.101 e. The van der Waals surface area contributed by atoms with E-state index >= 15 is 0 Å². The summed E-state index contributed by atoms with van der Waals surface area (Å²) in [4.78, 5) is 5.32. The van der Waals surface area contributed by atoms with Crippen LogP contribution in [0, 0.1) is 6.92 Å². The molecule has 0 aliphatic rings. The molecule has 0 amide bonds. The van der Waals surface area contributed by atoms with Gasteiger partial charge in [0.15, 0.2) is 0 Å². The van der Waals surface area contributed by atoms with Gasteiger partial charge in [-0.2, -0.15) is 0 Å². The number of hydrogen-bond acceptors (Lipinski definition) is 3. The summed E-state index contributed by atoms with van der Waals surface area (Å²) < 4.78 is 0. The van der Waals surface area contributed by atoms with Crippen LogP contribution in [0.25, 0.3) is 0 Å². The van der Waals surface area contributed by atoms with Crippen molar-refractivity contribution in [3.05, 3.63) is 48.2 Å². The molecule has 0 spiro atoms. The van der Waals surface area contributed by atoms with Gasteiger partial charge < -0.3 is 5.73 Å². The molecule has 2 aromatic rings. The predicted molar refractivity (Wildman–Crippen MR) is 64.0 cm³/mol. The minimum atomic E-state index is 0.802. The average Bonchev–Trinajstić information content (AvgIpc) is 2.25. The van der Waals surface area contributed by atoms with Gasteiger partial charge in [0.1, 0.15) is 5.03 Å². The van der Waals surface area contributed by atoms with Crippen molar-refractivity contribution in [2.75, 3.05) is 5.73 Å². The summed E-state index contributed by atoms with van der Waals surface area (Å²) in [5, 5.41) is 0.967. The molecule has 2 N–H and O–H groups in total. The van der Waals surface area contributed by atoms with Crippen LogP contribution in [0.2, 0.25) is 0 Å². The second-order valence-corrected chi connectivity index (χ2v) is 4.37. The Morgan fingerprint density at radius 3 is 2.80 bits per heavy atom. The molecule has 0 unspecified atom stereocenters. The Labute approximate surface area is 93.5 Å². The zero-order valence-electron chi connectivity index (χ0n) is 8.47. The molecule has 0 saturated carbocycles. The SMILES string of the molecule is Cc1ccc(N)c(Sc2ccccn2)c1. The van der Waals surface area contributed by atoms with Crippen LogP contribution < -0.4 is 5.73 Å². The van der Waals surface area contributed by atoms with Gasteiger partial charge in [0.05, 0.1) is 0 Å². The van der Waals surface area contributed by atoms with Crippen molar-refractivity contribution < 1.29 is 0 Å². The Morgan fingerprint density at radius 2 is 2.07 bits per heavy atom. The second kappa shape index (κ2) is 4.36. The summed E-state index contributed by atoms with van der Waals surface area (Å²) in [6.45, 7) is 2.06. The lowest BCUT2D eigenvalue weighted by Gasteiger charge is -2.05. The minimum Gasteiger partial charge on any atom is -0.398 e. The van der Waals surface area contributed by atoms with Crippen molar-refractivity contribution in [3.63, 3.8) is 0 Å². The maximum atomic E-state index is 5.89. The highest BCUT2D eigenvalue weighted by Crippen LogP contribution is 2.30. The highest BCUT2D eigenvalue weighted by atomic mass is 32.2. The predicted octanol–water partition coefficient (Wildman–Crippen LogP) is 3.12. The molecular weight excluding hydrogens is 204 g/mol. The van der Waals surface area contributed by atoms with Gasteiger partial charge in [-0.1, -0.05) is 23.9 Å². The van der Waals surface area contributed by atoms with Crippen LogP contribution in [0.1, 0.15) is 5.56 Å². The van der Waals surface area contributed by atoms with E-state index in [1.165, 1.54) is 5.56 Å². The largest absolute Gasteiger partial charge is 0.398 e. The van der Waals surface area contributed by atoms with E-state index in [1.54, 1.807) is 18.0 Å². The number of rotatable bonds is 2. The van der Waals surface area contributed by atoms with Gasteiger partial charge in [0.2, 0.25) is 0 Å². The second-order valence-electron chi connectivity index (χ2n) is 3.31. The van der Waals surface area contributed by atoms with Gasteiger partial charge in [0, 0.05) is 16.8 Å². The third-order valence-corrected chi connectivity index (χ3v) is 3.05. The third kappa shape index (κ3) is 2.50. The highest BCUT2D eigenvalue weighted by Gasteiger charge is 2.02. The van der Waals surface area contributed by atoms with Crippen molar-refractivity contribution in [3.8, 4) is 0 Å². The van der Waals surface area contributed by atoms with E-state index in [9.17, 15) is 0 Å². The molecule has 0 saturated heterocycles. The Hall–Kier alpha value is -1.48. The summed E-state index contributed by atoms with van der Waals surface area (Å²) in [6.07, 6.45) is 1.79.